The normalized spacial score (nSPS) is 12.1. The van der Waals surface area contributed by atoms with Crippen LogP contribution in [0.15, 0.2) is 42.7 Å². The first kappa shape index (κ1) is 12.5. The molecule has 1 aromatic heterocycles. The maximum Gasteiger partial charge on any atom is 0.166 e. The van der Waals surface area contributed by atoms with Crippen LogP contribution < -0.4 is 10.5 Å². The Labute approximate surface area is 107 Å². The van der Waals surface area contributed by atoms with Crippen LogP contribution in [0.5, 0.6) is 5.75 Å². The van der Waals surface area contributed by atoms with E-state index < -0.39 is 0 Å². The van der Waals surface area contributed by atoms with E-state index in [0.29, 0.717) is 12.4 Å². The molecule has 1 atom stereocenters. The molecule has 4 heteroatoms. The molecule has 1 unspecified atom stereocenters. The van der Waals surface area contributed by atoms with Gasteiger partial charge in [0.25, 0.3) is 0 Å². The number of ether oxygens (including phenoxy) is 1. The van der Waals surface area contributed by atoms with Crippen molar-refractivity contribution in [3.63, 3.8) is 0 Å². The molecule has 0 amide bonds. The third-order valence-corrected chi connectivity index (χ3v) is 2.43. The van der Waals surface area contributed by atoms with Crippen molar-refractivity contribution in [2.45, 2.75) is 26.0 Å². The number of nitrogens with two attached hydrogens (primary N) is 1. The van der Waals surface area contributed by atoms with Crippen molar-refractivity contribution in [2.75, 3.05) is 0 Å². The third kappa shape index (κ3) is 3.82. The van der Waals surface area contributed by atoms with Gasteiger partial charge in [0.2, 0.25) is 0 Å². The van der Waals surface area contributed by atoms with E-state index in [0.717, 1.165) is 17.7 Å². The van der Waals surface area contributed by atoms with Gasteiger partial charge in [-0.2, -0.15) is 0 Å². The van der Waals surface area contributed by atoms with Crippen molar-refractivity contribution in [1.82, 2.24) is 9.97 Å². The van der Waals surface area contributed by atoms with Gasteiger partial charge in [-0.3, -0.25) is 0 Å². The summed E-state index contributed by atoms with van der Waals surface area (Å²) in [6, 6.07) is 9.75. The molecule has 94 valence electrons. The molecule has 4 nitrogen and oxygen atoms in total. The third-order valence-electron chi connectivity index (χ3n) is 2.43. The van der Waals surface area contributed by atoms with Crippen LogP contribution in [-0.2, 0) is 13.0 Å². The van der Waals surface area contributed by atoms with Gasteiger partial charge < -0.3 is 10.5 Å². The molecule has 18 heavy (non-hydrogen) atoms. The number of para-hydroxylation sites is 1. The highest BCUT2D eigenvalue weighted by Gasteiger charge is 2.01. The van der Waals surface area contributed by atoms with Gasteiger partial charge >= 0.3 is 0 Å². The summed E-state index contributed by atoms with van der Waals surface area (Å²) >= 11 is 0. The molecule has 0 spiro atoms. The molecule has 0 aliphatic carbocycles. The largest absolute Gasteiger partial charge is 0.486 e. The SMILES string of the molecule is CC(N)Cc1cnc(COc2ccccc2)nc1. The summed E-state index contributed by atoms with van der Waals surface area (Å²) in [7, 11) is 0. The Hall–Kier alpha value is -1.94. The average Bonchev–Trinajstić information content (AvgIpc) is 2.38. The molecule has 1 heterocycles. The summed E-state index contributed by atoms with van der Waals surface area (Å²) in [5.41, 5.74) is 6.77. The summed E-state index contributed by atoms with van der Waals surface area (Å²) in [6.45, 7) is 2.34. The zero-order valence-corrected chi connectivity index (χ0v) is 10.4. The van der Waals surface area contributed by atoms with Crippen LogP contribution in [0, 0.1) is 0 Å². The molecule has 1 aromatic carbocycles. The Morgan fingerprint density at radius 1 is 1.17 bits per heavy atom. The van der Waals surface area contributed by atoms with Gasteiger partial charge in [-0.1, -0.05) is 18.2 Å². The molecule has 0 aliphatic rings. The Balaban J connectivity index is 1.90. The lowest BCUT2D eigenvalue weighted by molar-refractivity contribution is 0.295. The fourth-order valence-corrected chi connectivity index (χ4v) is 1.60. The molecule has 0 bridgehead atoms. The van der Waals surface area contributed by atoms with Crippen molar-refractivity contribution in [3.8, 4) is 5.75 Å². The lowest BCUT2D eigenvalue weighted by atomic mass is 10.1. The first-order valence-corrected chi connectivity index (χ1v) is 5.97. The van der Waals surface area contributed by atoms with Crippen molar-refractivity contribution in [3.05, 3.63) is 54.1 Å². The quantitative estimate of drug-likeness (QED) is 0.871. The van der Waals surface area contributed by atoms with Crippen molar-refractivity contribution >= 4 is 0 Å². The minimum Gasteiger partial charge on any atom is -0.486 e. The Bertz CT molecular complexity index is 468. The Morgan fingerprint density at radius 2 is 1.83 bits per heavy atom. The van der Waals surface area contributed by atoms with Crippen LogP contribution >= 0.6 is 0 Å². The van der Waals surface area contributed by atoms with Gasteiger partial charge in [0.15, 0.2) is 5.82 Å². The first-order valence-electron chi connectivity index (χ1n) is 5.97. The highest BCUT2D eigenvalue weighted by atomic mass is 16.5. The lowest BCUT2D eigenvalue weighted by Gasteiger charge is -2.06. The van der Waals surface area contributed by atoms with Gasteiger partial charge in [-0.05, 0) is 31.0 Å². The molecule has 2 aromatic rings. The predicted octanol–water partition coefficient (Wildman–Crippen LogP) is 1.95. The molecule has 0 radical (unpaired) electrons. The fraction of sp³-hybridized carbons (Fsp3) is 0.286. The standard InChI is InChI=1S/C14H17N3O/c1-11(15)7-12-8-16-14(17-9-12)10-18-13-5-3-2-4-6-13/h2-6,8-9,11H,7,10,15H2,1H3. The number of hydrogen-bond acceptors (Lipinski definition) is 4. The number of rotatable bonds is 5. The number of benzene rings is 1. The molecule has 0 fully saturated rings. The smallest absolute Gasteiger partial charge is 0.166 e. The second-order valence-electron chi connectivity index (χ2n) is 4.29. The summed E-state index contributed by atoms with van der Waals surface area (Å²) in [5, 5.41) is 0. The zero-order chi connectivity index (χ0) is 12.8. The van der Waals surface area contributed by atoms with Gasteiger partial charge in [0.05, 0.1) is 0 Å². The maximum absolute atomic E-state index is 5.72. The van der Waals surface area contributed by atoms with Crippen molar-refractivity contribution in [2.24, 2.45) is 5.73 Å². The minimum atomic E-state index is 0.125. The van der Waals surface area contributed by atoms with Gasteiger partial charge in [-0.25, -0.2) is 9.97 Å². The van der Waals surface area contributed by atoms with Crippen molar-refractivity contribution < 1.29 is 4.74 Å². The van der Waals surface area contributed by atoms with Crippen LogP contribution in [-0.4, -0.2) is 16.0 Å². The molecule has 0 saturated carbocycles. The summed E-state index contributed by atoms with van der Waals surface area (Å²) in [4.78, 5) is 8.51. The van der Waals surface area contributed by atoms with E-state index in [1.807, 2.05) is 37.3 Å². The summed E-state index contributed by atoms with van der Waals surface area (Å²) in [6.07, 6.45) is 4.40. The van der Waals surface area contributed by atoms with E-state index in [4.69, 9.17) is 10.5 Å². The van der Waals surface area contributed by atoms with Crippen LogP contribution in [0.3, 0.4) is 0 Å². The van der Waals surface area contributed by atoms with E-state index in [1.165, 1.54) is 0 Å². The molecular formula is C14H17N3O. The maximum atomic E-state index is 5.72. The molecule has 2 N–H and O–H groups in total. The second kappa shape index (κ2) is 6.12. The lowest BCUT2D eigenvalue weighted by Crippen LogP contribution is -2.18. The second-order valence-corrected chi connectivity index (χ2v) is 4.29. The Kier molecular flexibility index (Phi) is 4.25. The zero-order valence-electron chi connectivity index (χ0n) is 10.4. The van der Waals surface area contributed by atoms with E-state index >= 15 is 0 Å². The fourth-order valence-electron chi connectivity index (χ4n) is 1.60. The molecule has 2 rings (SSSR count). The topological polar surface area (TPSA) is 61.0 Å². The highest BCUT2D eigenvalue weighted by Crippen LogP contribution is 2.10. The van der Waals surface area contributed by atoms with Crippen LogP contribution in [0.4, 0.5) is 0 Å². The van der Waals surface area contributed by atoms with Gasteiger partial charge in [0.1, 0.15) is 12.4 Å². The van der Waals surface area contributed by atoms with Crippen LogP contribution in [0.1, 0.15) is 18.3 Å². The first-order chi connectivity index (χ1) is 8.74. The highest BCUT2D eigenvalue weighted by molar-refractivity contribution is 5.21. The Morgan fingerprint density at radius 3 is 2.44 bits per heavy atom. The monoisotopic (exact) mass is 243 g/mol. The molecule has 0 saturated heterocycles. The van der Waals surface area contributed by atoms with Crippen LogP contribution in [0.25, 0.3) is 0 Å². The van der Waals surface area contributed by atoms with Gasteiger partial charge in [0, 0.05) is 18.4 Å². The van der Waals surface area contributed by atoms with E-state index in [1.54, 1.807) is 12.4 Å². The van der Waals surface area contributed by atoms with Gasteiger partial charge in [-0.15, -0.1) is 0 Å². The minimum absolute atomic E-state index is 0.125. The van der Waals surface area contributed by atoms with E-state index in [-0.39, 0.29) is 6.04 Å². The summed E-state index contributed by atoms with van der Waals surface area (Å²) in [5.74, 6) is 1.49. The molecule has 0 aliphatic heterocycles. The number of aromatic nitrogens is 2. The summed E-state index contributed by atoms with van der Waals surface area (Å²) < 4.78 is 5.56. The van der Waals surface area contributed by atoms with E-state index in [2.05, 4.69) is 9.97 Å². The number of nitrogens with zero attached hydrogens (tertiary/aromatic N) is 2. The number of hydrogen-bond donors (Lipinski definition) is 1. The van der Waals surface area contributed by atoms with Crippen molar-refractivity contribution in [1.29, 1.82) is 0 Å². The predicted molar refractivity (Wildman–Crippen MR) is 70.2 cm³/mol. The van der Waals surface area contributed by atoms with E-state index in [9.17, 15) is 0 Å². The molecular weight excluding hydrogens is 226 g/mol. The average molecular weight is 243 g/mol. The van der Waals surface area contributed by atoms with Crippen LogP contribution in [0.2, 0.25) is 0 Å².